The monoisotopic (exact) mass is 666 g/mol. The predicted molar refractivity (Wildman–Crippen MR) is 210 cm³/mol. The van der Waals surface area contributed by atoms with Crippen LogP contribution in [-0.2, 0) is 0 Å². The van der Waals surface area contributed by atoms with Crippen molar-refractivity contribution in [3.63, 3.8) is 0 Å². The zero-order chi connectivity index (χ0) is 34.6. The number of hydrogen-bond donors (Lipinski definition) is 0. The molecule has 6 heteroatoms. The fraction of sp³-hybridized carbons (Fsp3) is 0.0435. The van der Waals surface area contributed by atoms with Crippen LogP contribution in [0.2, 0.25) is 0 Å². The molecule has 0 amide bonds. The van der Waals surface area contributed by atoms with Crippen LogP contribution in [-0.4, -0.2) is 24.1 Å². The summed E-state index contributed by atoms with van der Waals surface area (Å²) in [6.45, 7) is 0. The van der Waals surface area contributed by atoms with Gasteiger partial charge in [0.25, 0.3) is 0 Å². The molecule has 0 saturated carbocycles. The number of hydrogen-bond acceptors (Lipinski definition) is 4. The molecule has 0 fully saturated rings. The second kappa shape index (κ2) is 12.0. The summed E-state index contributed by atoms with van der Waals surface area (Å²) in [5.74, 6) is 1.31. The normalized spacial score (nSPS) is 12.9. The van der Waals surface area contributed by atoms with E-state index in [2.05, 4.69) is 130 Å². The molecule has 6 nitrogen and oxygen atoms in total. The molecular formula is C46H30N6. The summed E-state index contributed by atoms with van der Waals surface area (Å²) in [6, 6.07) is 50.2. The molecule has 244 valence electrons. The lowest BCUT2D eigenvalue weighted by molar-refractivity contribution is 1.03. The third-order valence-corrected chi connectivity index (χ3v) is 9.98. The molecular weight excluding hydrogens is 637 g/mol. The van der Waals surface area contributed by atoms with E-state index in [1.807, 2.05) is 42.5 Å². The number of benzene rings is 5. The van der Waals surface area contributed by atoms with Crippen LogP contribution in [0.5, 0.6) is 0 Å². The molecule has 1 aliphatic rings. The van der Waals surface area contributed by atoms with Gasteiger partial charge < -0.3 is 4.57 Å². The lowest BCUT2D eigenvalue weighted by Crippen LogP contribution is -2.03. The average molecular weight is 667 g/mol. The van der Waals surface area contributed by atoms with Crippen LogP contribution in [0, 0.1) is 11.3 Å². The van der Waals surface area contributed by atoms with Crippen molar-refractivity contribution in [2.75, 3.05) is 0 Å². The van der Waals surface area contributed by atoms with Crippen molar-refractivity contribution in [2.45, 2.75) is 12.8 Å². The maximum atomic E-state index is 9.63. The summed E-state index contributed by atoms with van der Waals surface area (Å²) >= 11 is 0. The Bertz CT molecular complexity index is 2970. The van der Waals surface area contributed by atoms with Gasteiger partial charge in [0.15, 0.2) is 5.82 Å². The second-order valence-corrected chi connectivity index (χ2v) is 13.1. The summed E-state index contributed by atoms with van der Waals surface area (Å²) in [4.78, 5) is 15.4. The number of nitriles is 1. The van der Waals surface area contributed by atoms with E-state index in [-0.39, 0.29) is 0 Å². The molecule has 1 aliphatic carbocycles. The van der Waals surface area contributed by atoms with Crippen molar-refractivity contribution in [2.24, 2.45) is 0 Å². The van der Waals surface area contributed by atoms with Gasteiger partial charge in [-0.1, -0.05) is 97.1 Å². The quantitative estimate of drug-likeness (QED) is 0.183. The lowest BCUT2D eigenvalue weighted by atomic mass is 10.0. The third kappa shape index (κ3) is 4.75. The Kier molecular flexibility index (Phi) is 6.90. The van der Waals surface area contributed by atoms with Crippen LogP contribution in [0.3, 0.4) is 0 Å². The minimum Gasteiger partial charge on any atom is -0.309 e. The van der Waals surface area contributed by atoms with Crippen LogP contribution in [0.1, 0.15) is 24.1 Å². The van der Waals surface area contributed by atoms with E-state index < -0.39 is 0 Å². The topological polar surface area (TPSA) is 72.3 Å². The minimum absolute atomic E-state index is 0.531. The van der Waals surface area contributed by atoms with Gasteiger partial charge in [-0.15, -0.1) is 0 Å². The Hall–Kier alpha value is -7.10. The zero-order valence-corrected chi connectivity index (χ0v) is 28.1. The highest BCUT2D eigenvalue weighted by molar-refractivity contribution is 6.26. The van der Waals surface area contributed by atoms with Crippen molar-refractivity contribution in [1.29, 1.82) is 5.26 Å². The number of aromatic nitrogens is 5. The molecule has 0 atom stereocenters. The molecule has 0 N–H and O–H groups in total. The van der Waals surface area contributed by atoms with Gasteiger partial charge in [0.05, 0.1) is 45.1 Å². The number of allylic oxidation sites excluding steroid dienone is 4. The van der Waals surface area contributed by atoms with Crippen LogP contribution < -0.4 is 0 Å². The zero-order valence-electron chi connectivity index (χ0n) is 28.1. The van der Waals surface area contributed by atoms with Gasteiger partial charge in [0, 0.05) is 32.8 Å². The summed E-state index contributed by atoms with van der Waals surface area (Å²) in [5.41, 5.74) is 10.4. The maximum absolute atomic E-state index is 9.63. The molecule has 52 heavy (non-hydrogen) atoms. The van der Waals surface area contributed by atoms with Gasteiger partial charge in [-0.2, -0.15) is 5.26 Å². The van der Waals surface area contributed by atoms with E-state index in [4.69, 9.17) is 15.0 Å². The Morgan fingerprint density at radius 3 is 2.15 bits per heavy atom. The van der Waals surface area contributed by atoms with Gasteiger partial charge in [-0.25, -0.2) is 15.0 Å². The van der Waals surface area contributed by atoms with Gasteiger partial charge in [0.2, 0.25) is 0 Å². The van der Waals surface area contributed by atoms with Crippen LogP contribution in [0.4, 0.5) is 0 Å². The molecule has 0 spiro atoms. The fourth-order valence-corrected chi connectivity index (χ4v) is 7.68. The number of para-hydroxylation sites is 3. The number of rotatable bonds is 5. The first-order valence-electron chi connectivity index (χ1n) is 17.5. The van der Waals surface area contributed by atoms with Gasteiger partial charge >= 0.3 is 0 Å². The van der Waals surface area contributed by atoms with E-state index in [0.717, 1.165) is 63.3 Å². The summed E-state index contributed by atoms with van der Waals surface area (Å²) in [5, 5.41) is 14.4. The second-order valence-electron chi connectivity index (χ2n) is 13.1. The number of pyridine rings is 1. The molecule has 10 rings (SSSR count). The molecule has 0 aliphatic heterocycles. The van der Waals surface area contributed by atoms with Gasteiger partial charge in [0.1, 0.15) is 11.5 Å². The highest BCUT2D eigenvalue weighted by Crippen LogP contribution is 2.42. The first-order valence-corrected chi connectivity index (χ1v) is 17.5. The number of fused-ring (bicyclic) bond motifs is 7. The highest BCUT2D eigenvalue weighted by Gasteiger charge is 2.21. The first kappa shape index (κ1) is 29.8. The van der Waals surface area contributed by atoms with Crippen LogP contribution in [0.25, 0.3) is 83.5 Å². The number of nitrogens with zero attached hydrogens (tertiary/aromatic N) is 6. The SMILES string of the molecule is N#Cc1cccc(-c2cc(C3=CCCC=C3)nc(-c3cccc(-n4c5ccccc5c5c4ccc4c6ccccc6n(-c6ccccc6)c45)n3)n2)c1. The first-order chi connectivity index (χ1) is 25.7. The summed E-state index contributed by atoms with van der Waals surface area (Å²) < 4.78 is 4.65. The Labute approximate surface area is 299 Å². The maximum Gasteiger partial charge on any atom is 0.179 e. The van der Waals surface area contributed by atoms with Crippen molar-refractivity contribution in [3.8, 4) is 40.4 Å². The average Bonchev–Trinajstić information content (AvgIpc) is 3.74. The van der Waals surface area contributed by atoms with E-state index >= 15 is 0 Å². The summed E-state index contributed by atoms with van der Waals surface area (Å²) in [6.07, 6.45) is 8.51. The Balaban J connectivity index is 1.22. The van der Waals surface area contributed by atoms with Crippen molar-refractivity contribution < 1.29 is 0 Å². The molecule has 0 unspecified atom stereocenters. The van der Waals surface area contributed by atoms with Crippen LogP contribution >= 0.6 is 0 Å². The highest BCUT2D eigenvalue weighted by atomic mass is 15.1. The standard InChI is InChI=1S/C46H30N6/c47-29-30-13-11-16-32(27-30)39-28-38(31-14-3-1-4-15-31)49-46(50-39)37-21-12-24-43(48-37)52-41-23-10-8-20-36(41)44-42(52)26-25-35-34-19-7-9-22-40(34)51(45(35)44)33-17-5-2-6-18-33/h2-3,5-28H,1,4H2. The Morgan fingerprint density at radius 2 is 1.33 bits per heavy atom. The molecule has 0 bridgehead atoms. The van der Waals surface area contributed by atoms with Gasteiger partial charge in [-0.05, 0) is 79.1 Å². The lowest BCUT2D eigenvalue weighted by Gasteiger charge is -2.13. The Morgan fingerprint density at radius 1 is 0.558 bits per heavy atom. The smallest absolute Gasteiger partial charge is 0.179 e. The minimum atomic E-state index is 0.531. The predicted octanol–water partition coefficient (Wildman–Crippen LogP) is 11.0. The molecule has 4 aromatic heterocycles. The summed E-state index contributed by atoms with van der Waals surface area (Å²) in [7, 11) is 0. The van der Waals surface area contributed by atoms with E-state index in [1.54, 1.807) is 0 Å². The van der Waals surface area contributed by atoms with E-state index in [1.165, 1.54) is 27.2 Å². The van der Waals surface area contributed by atoms with Crippen molar-refractivity contribution >= 4 is 49.2 Å². The molecule has 0 radical (unpaired) electrons. The van der Waals surface area contributed by atoms with Crippen molar-refractivity contribution in [1.82, 2.24) is 24.1 Å². The van der Waals surface area contributed by atoms with E-state index in [0.29, 0.717) is 17.1 Å². The van der Waals surface area contributed by atoms with Crippen molar-refractivity contribution in [3.05, 3.63) is 169 Å². The van der Waals surface area contributed by atoms with Gasteiger partial charge in [-0.3, -0.25) is 4.57 Å². The molecule has 4 heterocycles. The van der Waals surface area contributed by atoms with Crippen LogP contribution in [0.15, 0.2) is 158 Å². The molecule has 0 saturated heterocycles. The molecule has 9 aromatic rings. The largest absolute Gasteiger partial charge is 0.309 e. The fourth-order valence-electron chi connectivity index (χ4n) is 7.68. The van der Waals surface area contributed by atoms with E-state index in [9.17, 15) is 5.26 Å². The molecule has 5 aromatic carbocycles. The third-order valence-electron chi connectivity index (χ3n) is 9.98.